The van der Waals surface area contributed by atoms with Crippen molar-refractivity contribution in [1.29, 1.82) is 0 Å². The number of aromatic nitrogens is 1. The number of carbonyl (C=O) groups excluding carboxylic acids is 2. The molecule has 1 aromatic carbocycles. The van der Waals surface area contributed by atoms with Crippen LogP contribution in [-0.4, -0.2) is 54.4 Å². The third-order valence-corrected chi connectivity index (χ3v) is 6.18. The maximum atomic E-state index is 11.8. The summed E-state index contributed by atoms with van der Waals surface area (Å²) in [5.41, 5.74) is 19.4. The van der Waals surface area contributed by atoms with Crippen molar-refractivity contribution in [3.05, 3.63) is 41.3 Å². The molecule has 2 amide bonds. The molecule has 29 heavy (non-hydrogen) atoms. The van der Waals surface area contributed by atoms with Crippen molar-refractivity contribution in [3.8, 4) is 11.1 Å². The Morgan fingerprint density at radius 3 is 2.38 bits per heavy atom. The second-order valence-electron chi connectivity index (χ2n) is 7.01. The molecule has 3 heterocycles. The number of hydrogen-bond acceptors (Lipinski definition) is 7. The molecule has 0 saturated carbocycles. The average molecular weight is 411 g/mol. The van der Waals surface area contributed by atoms with Crippen LogP contribution in [-0.2, 0) is 4.79 Å². The van der Waals surface area contributed by atoms with E-state index in [0.717, 1.165) is 48.5 Å². The van der Waals surface area contributed by atoms with E-state index in [1.165, 1.54) is 11.3 Å². The molecule has 0 atom stereocenters. The predicted molar refractivity (Wildman–Crippen MR) is 116 cm³/mol. The molecule has 1 aliphatic rings. The van der Waals surface area contributed by atoms with E-state index < -0.39 is 5.91 Å². The molecule has 1 saturated heterocycles. The first-order valence-corrected chi connectivity index (χ1v) is 10.1. The average Bonchev–Trinajstić information content (AvgIpc) is 3.05. The van der Waals surface area contributed by atoms with Crippen LogP contribution in [0.2, 0.25) is 0 Å². The lowest BCUT2D eigenvalue weighted by atomic mass is 10.0. The molecule has 1 aliphatic heterocycles. The highest BCUT2D eigenvalue weighted by molar-refractivity contribution is 7.21. The number of anilines is 2. The predicted octanol–water partition coefficient (Wildman–Crippen LogP) is 1.25. The van der Waals surface area contributed by atoms with Crippen molar-refractivity contribution < 1.29 is 9.59 Å². The lowest BCUT2D eigenvalue weighted by Gasteiger charge is -2.35. The van der Waals surface area contributed by atoms with Crippen molar-refractivity contribution in [1.82, 2.24) is 9.88 Å². The monoisotopic (exact) mass is 410 g/mol. The number of rotatable bonds is 5. The number of primary amides is 2. The van der Waals surface area contributed by atoms with Crippen molar-refractivity contribution in [2.24, 2.45) is 11.5 Å². The summed E-state index contributed by atoms with van der Waals surface area (Å²) in [6.07, 6.45) is 0. The van der Waals surface area contributed by atoms with Gasteiger partial charge in [0.15, 0.2) is 0 Å². The van der Waals surface area contributed by atoms with Gasteiger partial charge in [-0.05, 0) is 17.2 Å². The maximum Gasteiger partial charge on any atom is 0.260 e. The Bertz CT molecular complexity index is 1070. The summed E-state index contributed by atoms with van der Waals surface area (Å²) < 4.78 is 0. The van der Waals surface area contributed by atoms with Crippen molar-refractivity contribution in [2.75, 3.05) is 43.4 Å². The van der Waals surface area contributed by atoms with E-state index >= 15 is 0 Å². The van der Waals surface area contributed by atoms with Crippen molar-refractivity contribution >= 4 is 44.9 Å². The van der Waals surface area contributed by atoms with Gasteiger partial charge in [-0.3, -0.25) is 14.5 Å². The fourth-order valence-electron chi connectivity index (χ4n) is 3.65. The number of nitrogens with two attached hydrogens (primary N) is 3. The highest BCUT2D eigenvalue weighted by atomic mass is 32.1. The molecule has 6 N–H and O–H groups in total. The van der Waals surface area contributed by atoms with E-state index in [0.29, 0.717) is 15.4 Å². The molecule has 3 aromatic rings. The van der Waals surface area contributed by atoms with Crippen LogP contribution in [0.3, 0.4) is 0 Å². The summed E-state index contributed by atoms with van der Waals surface area (Å²) in [7, 11) is 0. The molecule has 1 fully saturated rings. The Labute approximate surface area is 171 Å². The standard InChI is InChI=1S/C20H22N6O2S/c21-14(27)11-25-6-8-26(9-7-25)15-10-13(12-4-2-1-3-5-12)16-17(22)18(19(23)28)29-20(16)24-15/h1-5,10H,6-9,11,22H2,(H2,21,27)(H2,23,28). The third-order valence-electron chi connectivity index (χ3n) is 5.07. The molecule has 2 aromatic heterocycles. The van der Waals surface area contributed by atoms with Crippen LogP contribution in [0, 0.1) is 0 Å². The van der Waals surface area contributed by atoms with Crippen LogP contribution in [0.5, 0.6) is 0 Å². The topological polar surface area (TPSA) is 132 Å². The van der Waals surface area contributed by atoms with Gasteiger partial charge in [0.1, 0.15) is 15.5 Å². The summed E-state index contributed by atoms with van der Waals surface area (Å²) >= 11 is 1.22. The van der Waals surface area contributed by atoms with Gasteiger partial charge in [0.25, 0.3) is 5.91 Å². The fraction of sp³-hybridized carbons (Fsp3) is 0.250. The molecule has 4 rings (SSSR count). The number of fused-ring (bicyclic) bond motifs is 1. The van der Waals surface area contributed by atoms with Gasteiger partial charge in [0.05, 0.1) is 12.2 Å². The van der Waals surface area contributed by atoms with Crippen molar-refractivity contribution in [2.45, 2.75) is 0 Å². The Kier molecular flexibility index (Phi) is 5.08. The molecule has 0 spiro atoms. The lowest BCUT2D eigenvalue weighted by Crippen LogP contribution is -2.49. The van der Waals surface area contributed by atoms with E-state index in [4.69, 9.17) is 22.2 Å². The minimum absolute atomic E-state index is 0.263. The summed E-state index contributed by atoms with van der Waals surface area (Å²) in [6.45, 7) is 3.16. The second kappa shape index (κ2) is 7.69. The van der Waals surface area contributed by atoms with Gasteiger partial charge in [-0.15, -0.1) is 11.3 Å². The Morgan fingerprint density at radius 1 is 1.07 bits per heavy atom. The van der Waals surface area contributed by atoms with Gasteiger partial charge in [0, 0.05) is 31.6 Å². The first-order chi connectivity index (χ1) is 13.9. The zero-order chi connectivity index (χ0) is 20.5. The van der Waals surface area contributed by atoms with Crippen LogP contribution in [0.25, 0.3) is 21.3 Å². The highest BCUT2D eigenvalue weighted by Gasteiger charge is 2.23. The van der Waals surface area contributed by atoms with E-state index in [1.807, 2.05) is 41.3 Å². The van der Waals surface area contributed by atoms with Gasteiger partial charge in [0.2, 0.25) is 5.91 Å². The van der Waals surface area contributed by atoms with Gasteiger partial charge < -0.3 is 22.1 Å². The maximum absolute atomic E-state index is 11.8. The minimum Gasteiger partial charge on any atom is -0.397 e. The number of hydrogen-bond donors (Lipinski definition) is 3. The molecule has 0 aliphatic carbocycles. The largest absolute Gasteiger partial charge is 0.397 e. The number of thiophene rings is 1. The molecular formula is C20H22N6O2S. The minimum atomic E-state index is -0.550. The highest BCUT2D eigenvalue weighted by Crippen LogP contribution is 2.41. The van der Waals surface area contributed by atoms with Gasteiger partial charge in [-0.2, -0.15) is 0 Å². The lowest BCUT2D eigenvalue weighted by molar-refractivity contribution is -0.119. The fourth-order valence-corrected chi connectivity index (χ4v) is 4.62. The van der Waals surface area contributed by atoms with E-state index in [2.05, 4.69) is 4.90 Å². The molecule has 8 nitrogen and oxygen atoms in total. The van der Waals surface area contributed by atoms with Crippen LogP contribution < -0.4 is 22.1 Å². The first-order valence-electron chi connectivity index (χ1n) is 9.28. The van der Waals surface area contributed by atoms with Crippen molar-refractivity contribution in [3.63, 3.8) is 0 Å². The number of nitrogen functional groups attached to an aromatic ring is 1. The van der Waals surface area contributed by atoms with E-state index in [-0.39, 0.29) is 12.5 Å². The van der Waals surface area contributed by atoms with Crippen LogP contribution in [0.4, 0.5) is 11.5 Å². The number of benzene rings is 1. The number of amides is 2. The summed E-state index contributed by atoms with van der Waals surface area (Å²) in [4.78, 5) is 33.0. The molecule has 0 radical (unpaired) electrons. The van der Waals surface area contributed by atoms with Crippen LogP contribution in [0.15, 0.2) is 36.4 Å². The molecule has 0 unspecified atom stereocenters. The molecule has 9 heteroatoms. The smallest absolute Gasteiger partial charge is 0.260 e. The third kappa shape index (κ3) is 3.74. The first kappa shape index (κ1) is 19.2. The number of nitrogens with zero attached hydrogens (tertiary/aromatic N) is 3. The zero-order valence-electron chi connectivity index (χ0n) is 15.8. The van der Waals surface area contributed by atoms with Crippen LogP contribution in [0.1, 0.15) is 9.67 Å². The number of piperazine rings is 1. The molecular weight excluding hydrogens is 388 g/mol. The summed E-state index contributed by atoms with van der Waals surface area (Å²) in [6, 6.07) is 11.9. The second-order valence-corrected chi connectivity index (χ2v) is 8.01. The Morgan fingerprint density at radius 2 is 1.76 bits per heavy atom. The number of pyridine rings is 1. The van der Waals surface area contributed by atoms with Gasteiger partial charge >= 0.3 is 0 Å². The molecule has 0 bridgehead atoms. The van der Waals surface area contributed by atoms with Gasteiger partial charge in [-0.25, -0.2) is 4.98 Å². The number of carbonyl (C=O) groups is 2. The SMILES string of the molecule is NC(=O)CN1CCN(c2cc(-c3ccccc3)c3c(N)c(C(N)=O)sc3n2)CC1. The van der Waals surface area contributed by atoms with E-state index in [1.54, 1.807) is 0 Å². The normalized spacial score (nSPS) is 15.0. The summed E-state index contributed by atoms with van der Waals surface area (Å²) in [5.74, 6) is -0.0594. The zero-order valence-corrected chi connectivity index (χ0v) is 16.6. The Hall–Kier alpha value is -3.17. The quantitative estimate of drug-likeness (QED) is 0.580. The Balaban J connectivity index is 1.76. The van der Waals surface area contributed by atoms with E-state index in [9.17, 15) is 9.59 Å². The summed E-state index contributed by atoms with van der Waals surface area (Å²) in [5, 5.41) is 0.756. The molecule has 150 valence electrons. The van der Waals surface area contributed by atoms with Gasteiger partial charge in [-0.1, -0.05) is 30.3 Å². The van der Waals surface area contributed by atoms with Crippen LogP contribution >= 0.6 is 11.3 Å².